The molecule has 0 aliphatic carbocycles. The highest BCUT2D eigenvalue weighted by Gasteiger charge is 2.19. The maximum absolute atomic E-state index is 5.41. The summed E-state index contributed by atoms with van der Waals surface area (Å²) in [5, 5.41) is 11.2. The molecule has 0 amide bonds. The molecular formula is C25H30N6O. The van der Waals surface area contributed by atoms with E-state index in [2.05, 4.69) is 62.2 Å². The van der Waals surface area contributed by atoms with Crippen molar-refractivity contribution in [2.45, 2.75) is 6.92 Å². The van der Waals surface area contributed by atoms with Crippen molar-refractivity contribution in [3.05, 3.63) is 53.9 Å². The lowest BCUT2D eigenvalue weighted by molar-refractivity contribution is 0.122. The second kappa shape index (κ2) is 9.63. The van der Waals surface area contributed by atoms with Crippen LogP contribution in [0.25, 0.3) is 22.9 Å². The van der Waals surface area contributed by atoms with E-state index in [1.165, 1.54) is 10.8 Å². The van der Waals surface area contributed by atoms with Gasteiger partial charge in [0.05, 0.1) is 24.6 Å². The van der Waals surface area contributed by atoms with Crippen LogP contribution in [-0.2, 0) is 4.74 Å². The minimum Gasteiger partial charge on any atom is -0.378 e. The second-order valence-electron chi connectivity index (χ2n) is 8.26. The first kappa shape index (κ1) is 20.8. The van der Waals surface area contributed by atoms with Gasteiger partial charge in [0.25, 0.3) is 0 Å². The molecule has 0 N–H and O–H groups in total. The summed E-state index contributed by atoms with van der Waals surface area (Å²) < 4.78 is 5.41. The Morgan fingerprint density at radius 2 is 1.62 bits per heavy atom. The van der Waals surface area contributed by atoms with Crippen LogP contribution in [0.3, 0.4) is 0 Å². The van der Waals surface area contributed by atoms with Crippen molar-refractivity contribution in [2.75, 3.05) is 68.8 Å². The molecular weight excluding hydrogens is 400 g/mol. The van der Waals surface area contributed by atoms with Crippen molar-refractivity contribution in [1.29, 1.82) is 0 Å². The van der Waals surface area contributed by atoms with Gasteiger partial charge in [-0.05, 0) is 42.3 Å². The molecule has 7 nitrogen and oxygen atoms in total. The van der Waals surface area contributed by atoms with Crippen molar-refractivity contribution in [3.8, 4) is 0 Å². The average molecular weight is 431 g/mol. The molecule has 2 aliphatic heterocycles. The topological polar surface area (TPSA) is 57.6 Å². The zero-order valence-corrected chi connectivity index (χ0v) is 18.7. The average Bonchev–Trinajstić information content (AvgIpc) is 2.88. The molecule has 2 aromatic heterocycles. The number of ether oxygens (including phenoxy) is 1. The third-order valence-electron chi connectivity index (χ3n) is 6.29. The molecule has 1 aromatic carbocycles. The van der Waals surface area contributed by atoms with Crippen LogP contribution in [0, 0.1) is 0 Å². The van der Waals surface area contributed by atoms with Crippen molar-refractivity contribution in [1.82, 2.24) is 20.1 Å². The number of hydrogen-bond acceptors (Lipinski definition) is 7. The number of anilines is 2. The fourth-order valence-electron chi connectivity index (χ4n) is 4.36. The summed E-state index contributed by atoms with van der Waals surface area (Å²) in [5.74, 6) is 1.98. The summed E-state index contributed by atoms with van der Waals surface area (Å²) in [6, 6.07) is 14.7. The van der Waals surface area contributed by atoms with E-state index >= 15 is 0 Å². The molecule has 0 saturated carbocycles. The standard InChI is InChI=1S/C25H30N6O/c1-2-29-11-13-31(14-12-29)25-23-6-4-3-5-20(23)19-22(26-25)8-7-21-9-10-24(28-27-21)30-15-17-32-18-16-30/h3-10,19H,2,11-18H2,1H3. The van der Waals surface area contributed by atoms with E-state index < -0.39 is 0 Å². The molecule has 0 unspecified atom stereocenters. The zero-order valence-electron chi connectivity index (χ0n) is 18.7. The molecule has 0 bridgehead atoms. The second-order valence-corrected chi connectivity index (χ2v) is 8.26. The summed E-state index contributed by atoms with van der Waals surface area (Å²) in [6.45, 7) is 10.7. The minimum absolute atomic E-state index is 0.743. The lowest BCUT2D eigenvalue weighted by Gasteiger charge is -2.35. The molecule has 0 atom stereocenters. The van der Waals surface area contributed by atoms with Gasteiger partial charge in [-0.1, -0.05) is 31.2 Å². The van der Waals surface area contributed by atoms with E-state index in [0.29, 0.717) is 0 Å². The van der Waals surface area contributed by atoms with Gasteiger partial charge in [0.15, 0.2) is 5.82 Å². The number of benzene rings is 1. The van der Waals surface area contributed by atoms with Crippen LogP contribution in [0.4, 0.5) is 11.6 Å². The summed E-state index contributed by atoms with van der Waals surface area (Å²) in [7, 11) is 0. The van der Waals surface area contributed by atoms with Crippen LogP contribution >= 0.6 is 0 Å². The van der Waals surface area contributed by atoms with E-state index in [0.717, 1.165) is 82.1 Å². The Balaban J connectivity index is 1.37. The van der Waals surface area contributed by atoms with Gasteiger partial charge in [0.2, 0.25) is 0 Å². The first-order valence-electron chi connectivity index (χ1n) is 11.5. The third-order valence-corrected chi connectivity index (χ3v) is 6.29. The Hall–Kier alpha value is -3.03. The third kappa shape index (κ3) is 4.59. The van der Waals surface area contributed by atoms with Gasteiger partial charge >= 0.3 is 0 Å². The van der Waals surface area contributed by atoms with Crippen molar-refractivity contribution < 1.29 is 4.74 Å². The monoisotopic (exact) mass is 430 g/mol. The largest absolute Gasteiger partial charge is 0.378 e. The smallest absolute Gasteiger partial charge is 0.151 e. The molecule has 2 aliphatic rings. The number of morpholine rings is 1. The van der Waals surface area contributed by atoms with E-state index in [4.69, 9.17) is 9.72 Å². The van der Waals surface area contributed by atoms with Gasteiger partial charge in [-0.25, -0.2) is 4.98 Å². The molecule has 2 fully saturated rings. The highest BCUT2D eigenvalue weighted by atomic mass is 16.5. The van der Waals surface area contributed by atoms with Crippen LogP contribution < -0.4 is 9.80 Å². The van der Waals surface area contributed by atoms with E-state index in [-0.39, 0.29) is 0 Å². The number of likely N-dealkylation sites (N-methyl/N-ethyl adjacent to an activating group) is 1. The normalized spacial score (nSPS) is 18.0. The van der Waals surface area contributed by atoms with Gasteiger partial charge in [0, 0.05) is 44.7 Å². The van der Waals surface area contributed by atoms with Gasteiger partial charge in [-0.3, -0.25) is 0 Å². The van der Waals surface area contributed by atoms with Crippen LogP contribution in [0.2, 0.25) is 0 Å². The predicted molar refractivity (Wildman–Crippen MR) is 130 cm³/mol. The summed E-state index contributed by atoms with van der Waals surface area (Å²) in [4.78, 5) is 12.1. The molecule has 0 spiro atoms. The molecule has 0 radical (unpaired) electrons. The highest BCUT2D eigenvalue weighted by molar-refractivity contribution is 5.94. The number of hydrogen-bond donors (Lipinski definition) is 0. The molecule has 5 rings (SSSR count). The fraction of sp³-hybridized carbons (Fsp3) is 0.400. The molecule has 166 valence electrons. The number of rotatable bonds is 5. The Bertz CT molecular complexity index is 1070. The van der Waals surface area contributed by atoms with Crippen LogP contribution in [0.5, 0.6) is 0 Å². The van der Waals surface area contributed by atoms with Crippen LogP contribution in [-0.4, -0.2) is 79.1 Å². The van der Waals surface area contributed by atoms with Gasteiger partial charge in [-0.2, -0.15) is 0 Å². The molecule has 4 heterocycles. The number of nitrogens with zero attached hydrogens (tertiary/aromatic N) is 6. The lowest BCUT2D eigenvalue weighted by atomic mass is 10.1. The number of fused-ring (bicyclic) bond motifs is 1. The number of piperazine rings is 1. The van der Waals surface area contributed by atoms with Gasteiger partial charge in [0.1, 0.15) is 5.82 Å². The first-order valence-corrected chi connectivity index (χ1v) is 11.5. The Morgan fingerprint density at radius 3 is 2.38 bits per heavy atom. The predicted octanol–water partition coefficient (Wildman–Crippen LogP) is 3.17. The zero-order chi connectivity index (χ0) is 21.8. The fourth-order valence-corrected chi connectivity index (χ4v) is 4.36. The summed E-state index contributed by atoms with van der Waals surface area (Å²) >= 11 is 0. The number of aromatic nitrogens is 3. The Morgan fingerprint density at radius 1 is 0.844 bits per heavy atom. The number of pyridine rings is 1. The molecule has 7 heteroatoms. The Kier molecular flexibility index (Phi) is 6.27. The van der Waals surface area contributed by atoms with Gasteiger partial charge < -0.3 is 19.4 Å². The maximum Gasteiger partial charge on any atom is 0.151 e. The quantitative estimate of drug-likeness (QED) is 0.616. The van der Waals surface area contributed by atoms with Crippen molar-refractivity contribution in [3.63, 3.8) is 0 Å². The maximum atomic E-state index is 5.41. The van der Waals surface area contributed by atoms with Crippen molar-refractivity contribution in [2.24, 2.45) is 0 Å². The van der Waals surface area contributed by atoms with E-state index in [1.807, 2.05) is 24.3 Å². The lowest BCUT2D eigenvalue weighted by Crippen LogP contribution is -2.46. The van der Waals surface area contributed by atoms with E-state index in [9.17, 15) is 0 Å². The highest BCUT2D eigenvalue weighted by Crippen LogP contribution is 2.27. The Labute approximate surface area is 189 Å². The SMILES string of the molecule is CCN1CCN(c2nc(C=Cc3ccc(N4CCOCC4)nn3)cc3ccccc23)CC1. The van der Waals surface area contributed by atoms with Gasteiger partial charge in [-0.15, -0.1) is 10.2 Å². The van der Waals surface area contributed by atoms with E-state index in [1.54, 1.807) is 0 Å². The molecule has 2 saturated heterocycles. The van der Waals surface area contributed by atoms with Crippen LogP contribution in [0.1, 0.15) is 18.3 Å². The first-order chi connectivity index (χ1) is 15.8. The summed E-state index contributed by atoms with van der Waals surface area (Å²) in [6.07, 6.45) is 4.03. The van der Waals surface area contributed by atoms with Crippen molar-refractivity contribution >= 4 is 34.6 Å². The molecule has 3 aromatic rings. The van der Waals surface area contributed by atoms with Crippen LogP contribution in [0.15, 0.2) is 42.5 Å². The minimum atomic E-state index is 0.743. The summed E-state index contributed by atoms with van der Waals surface area (Å²) in [5.41, 5.74) is 1.77. The molecule has 32 heavy (non-hydrogen) atoms.